The van der Waals surface area contributed by atoms with Gasteiger partial charge in [-0.15, -0.1) is 0 Å². The van der Waals surface area contributed by atoms with Gasteiger partial charge in [-0.1, -0.05) is 6.07 Å². The van der Waals surface area contributed by atoms with E-state index < -0.39 is 5.82 Å². The highest BCUT2D eigenvalue weighted by molar-refractivity contribution is 9.10. The normalized spacial score (nSPS) is 10.5. The quantitative estimate of drug-likeness (QED) is 0.942. The van der Waals surface area contributed by atoms with E-state index in [0.717, 1.165) is 0 Å². The molecule has 1 aromatic heterocycles. The van der Waals surface area contributed by atoms with Gasteiger partial charge in [-0.05, 0) is 39.7 Å². The topological polar surface area (TPSA) is 57.2 Å². The van der Waals surface area contributed by atoms with Crippen molar-refractivity contribution >= 4 is 21.6 Å². The van der Waals surface area contributed by atoms with Crippen LogP contribution in [-0.2, 0) is 6.54 Å². The average Bonchev–Trinajstić information content (AvgIpc) is 2.35. The van der Waals surface area contributed by atoms with Crippen LogP contribution in [0.4, 0.5) is 10.1 Å². The fraction of sp³-hybridized carbons (Fsp3) is 0.154. The van der Waals surface area contributed by atoms with Crippen LogP contribution < -0.4 is 16.0 Å². The van der Waals surface area contributed by atoms with E-state index in [0.29, 0.717) is 15.7 Å². The summed E-state index contributed by atoms with van der Waals surface area (Å²) < 4.78 is 20.2. The Kier molecular flexibility index (Phi) is 3.90. The molecule has 6 heteroatoms. The molecule has 0 fully saturated rings. The summed E-state index contributed by atoms with van der Waals surface area (Å²) in [6.45, 7) is 0.239. The highest BCUT2D eigenvalue weighted by Crippen LogP contribution is 2.18. The molecule has 0 atom stereocenters. The number of rotatable bonds is 3. The average molecular weight is 327 g/mol. The number of nitrogens with two attached hydrogens (primary N) is 1. The molecule has 4 nitrogen and oxygen atoms in total. The Hall–Kier alpha value is -1.82. The minimum absolute atomic E-state index is 0.171. The second-order valence-corrected chi connectivity index (χ2v) is 4.88. The highest BCUT2D eigenvalue weighted by Gasteiger charge is 2.07. The summed E-state index contributed by atoms with van der Waals surface area (Å²) >= 11 is 3.14. The van der Waals surface area contributed by atoms with E-state index >= 15 is 0 Å². The molecule has 100 valence electrons. The van der Waals surface area contributed by atoms with Crippen LogP contribution in [0.15, 0.2) is 39.7 Å². The molecule has 0 spiro atoms. The fourth-order valence-electron chi connectivity index (χ4n) is 1.74. The Balaban J connectivity index is 2.36. The Labute approximate surface area is 117 Å². The summed E-state index contributed by atoms with van der Waals surface area (Å²) in [7, 11) is 1.40. The van der Waals surface area contributed by atoms with E-state index in [9.17, 15) is 9.18 Å². The standard InChI is InChI=1S/C13H12BrFN2O2/c1-19-12-3-2-8(4-11(12)15)6-17-7-9(16)5-10(14)13(17)18/h2-5,7H,6,16H2,1H3. The molecule has 19 heavy (non-hydrogen) atoms. The Morgan fingerprint density at radius 3 is 2.79 bits per heavy atom. The van der Waals surface area contributed by atoms with Crippen LogP contribution in [0.25, 0.3) is 0 Å². The number of hydrogen-bond acceptors (Lipinski definition) is 3. The molecule has 1 heterocycles. The van der Waals surface area contributed by atoms with Crippen LogP contribution in [0, 0.1) is 5.82 Å². The van der Waals surface area contributed by atoms with Gasteiger partial charge in [0, 0.05) is 11.9 Å². The fourth-order valence-corrected chi connectivity index (χ4v) is 2.24. The molecule has 0 bridgehead atoms. The first kappa shape index (κ1) is 13.6. The van der Waals surface area contributed by atoms with Crippen LogP contribution in [0.3, 0.4) is 0 Å². The molecular formula is C13H12BrFN2O2. The van der Waals surface area contributed by atoms with Crippen molar-refractivity contribution in [3.05, 3.63) is 56.7 Å². The monoisotopic (exact) mass is 326 g/mol. The lowest BCUT2D eigenvalue weighted by Crippen LogP contribution is -2.21. The van der Waals surface area contributed by atoms with Gasteiger partial charge in [0.05, 0.1) is 18.1 Å². The van der Waals surface area contributed by atoms with E-state index in [1.54, 1.807) is 6.07 Å². The van der Waals surface area contributed by atoms with Crippen LogP contribution in [0.5, 0.6) is 5.75 Å². The number of ether oxygens (including phenoxy) is 1. The van der Waals surface area contributed by atoms with Gasteiger partial charge in [-0.25, -0.2) is 4.39 Å². The lowest BCUT2D eigenvalue weighted by atomic mass is 10.2. The summed E-state index contributed by atoms with van der Waals surface area (Å²) in [5.41, 5.74) is 6.57. The van der Waals surface area contributed by atoms with E-state index in [1.807, 2.05) is 0 Å². The van der Waals surface area contributed by atoms with E-state index in [1.165, 1.54) is 36.1 Å². The number of benzene rings is 1. The number of pyridine rings is 1. The number of hydrogen-bond donors (Lipinski definition) is 1. The van der Waals surface area contributed by atoms with Crippen molar-refractivity contribution < 1.29 is 9.13 Å². The maximum Gasteiger partial charge on any atom is 0.265 e. The lowest BCUT2D eigenvalue weighted by molar-refractivity contribution is 0.386. The van der Waals surface area contributed by atoms with Gasteiger partial charge in [-0.2, -0.15) is 0 Å². The Morgan fingerprint density at radius 1 is 1.42 bits per heavy atom. The van der Waals surface area contributed by atoms with Crippen LogP contribution in [0.1, 0.15) is 5.56 Å². The molecule has 0 saturated heterocycles. The minimum Gasteiger partial charge on any atom is -0.494 e. The van der Waals surface area contributed by atoms with Gasteiger partial charge in [0.1, 0.15) is 0 Å². The van der Waals surface area contributed by atoms with Crippen molar-refractivity contribution in [3.8, 4) is 5.75 Å². The molecule has 2 aromatic rings. The highest BCUT2D eigenvalue weighted by atomic mass is 79.9. The zero-order valence-electron chi connectivity index (χ0n) is 10.2. The first-order chi connectivity index (χ1) is 9.01. The van der Waals surface area contributed by atoms with Crippen LogP contribution >= 0.6 is 15.9 Å². The number of anilines is 1. The number of methoxy groups -OCH3 is 1. The van der Waals surface area contributed by atoms with E-state index in [2.05, 4.69) is 15.9 Å². The second kappa shape index (κ2) is 5.44. The molecule has 1 aromatic carbocycles. The lowest BCUT2D eigenvalue weighted by Gasteiger charge is -2.09. The molecule has 0 aliphatic carbocycles. The molecule has 2 rings (SSSR count). The summed E-state index contributed by atoms with van der Waals surface area (Å²) in [5.74, 6) is -0.291. The van der Waals surface area contributed by atoms with Crippen molar-refractivity contribution in [2.24, 2.45) is 0 Å². The molecule has 0 aliphatic heterocycles. The molecule has 0 unspecified atom stereocenters. The first-order valence-electron chi connectivity index (χ1n) is 5.49. The summed E-state index contributed by atoms with van der Waals surface area (Å²) in [6.07, 6.45) is 1.52. The molecule has 0 radical (unpaired) electrons. The van der Waals surface area contributed by atoms with Crippen LogP contribution in [0.2, 0.25) is 0 Å². The first-order valence-corrected chi connectivity index (χ1v) is 6.28. The van der Waals surface area contributed by atoms with E-state index in [4.69, 9.17) is 10.5 Å². The summed E-state index contributed by atoms with van der Waals surface area (Å²) in [4.78, 5) is 11.9. The van der Waals surface area contributed by atoms with E-state index in [-0.39, 0.29) is 17.9 Å². The second-order valence-electron chi connectivity index (χ2n) is 4.02. The molecule has 0 aliphatic rings. The summed E-state index contributed by atoms with van der Waals surface area (Å²) in [6, 6.07) is 6.10. The predicted octanol–water partition coefficient (Wildman–Crippen LogP) is 2.39. The number of halogens is 2. The predicted molar refractivity (Wildman–Crippen MR) is 74.9 cm³/mol. The maximum atomic E-state index is 13.6. The Bertz CT molecular complexity index is 670. The van der Waals surface area contributed by atoms with Gasteiger partial charge >= 0.3 is 0 Å². The Morgan fingerprint density at radius 2 is 2.16 bits per heavy atom. The third-order valence-electron chi connectivity index (χ3n) is 2.63. The van der Waals surface area contributed by atoms with Gasteiger partial charge < -0.3 is 15.0 Å². The van der Waals surface area contributed by atoms with Crippen molar-refractivity contribution in [1.82, 2.24) is 4.57 Å². The largest absolute Gasteiger partial charge is 0.494 e. The van der Waals surface area contributed by atoms with Crippen molar-refractivity contribution in [2.75, 3.05) is 12.8 Å². The number of nitrogen functional groups attached to an aromatic ring is 1. The van der Waals surface area contributed by atoms with Gasteiger partial charge in [0.15, 0.2) is 11.6 Å². The minimum atomic E-state index is -0.462. The summed E-state index contributed by atoms with van der Waals surface area (Å²) in [5, 5.41) is 0. The smallest absolute Gasteiger partial charge is 0.265 e. The zero-order chi connectivity index (χ0) is 14.0. The van der Waals surface area contributed by atoms with Gasteiger partial charge in [0.25, 0.3) is 5.56 Å². The molecule has 0 amide bonds. The number of nitrogens with zero attached hydrogens (tertiary/aromatic N) is 1. The van der Waals surface area contributed by atoms with Gasteiger partial charge in [0.2, 0.25) is 0 Å². The van der Waals surface area contributed by atoms with Crippen molar-refractivity contribution in [2.45, 2.75) is 6.54 Å². The third kappa shape index (κ3) is 2.96. The molecule has 2 N–H and O–H groups in total. The molecular weight excluding hydrogens is 315 g/mol. The van der Waals surface area contributed by atoms with Gasteiger partial charge in [-0.3, -0.25) is 4.79 Å². The third-order valence-corrected chi connectivity index (χ3v) is 3.20. The SMILES string of the molecule is COc1ccc(Cn2cc(N)cc(Br)c2=O)cc1F. The maximum absolute atomic E-state index is 13.6. The molecule has 0 saturated carbocycles. The zero-order valence-corrected chi connectivity index (χ0v) is 11.8. The van der Waals surface area contributed by atoms with Crippen LogP contribution in [-0.4, -0.2) is 11.7 Å². The number of aromatic nitrogens is 1. The van der Waals surface area contributed by atoms with Crippen molar-refractivity contribution in [1.29, 1.82) is 0 Å². The van der Waals surface area contributed by atoms with Crippen molar-refractivity contribution in [3.63, 3.8) is 0 Å².